The van der Waals surface area contributed by atoms with Crippen molar-refractivity contribution in [2.75, 3.05) is 6.54 Å². The van der Waals surface area contributed by atoms with E-state index in [1.807, 2.05) is 24.3 Å². The first-order chi connectivity index (χ1) is 7.81. The van der Waals surface area contributed by atoms with E-state index in [0.717, 1.165) is 24.3 Å². The number of nitrogens with zero attached hydrogens (tertiary/aromatic N) is 2. The normalized spacial score (nSPS) is 18.9. The molecule has 0 fully saturated rings. The number of fused-ring (bicyclic) bond motifs is 2. The molecule has 0 bridgehead atoms. The van der Waals surface area contributed by atoms with Crippen molar-refractivity contribution >= 4 is 10.9 Å². The lowest BCUT2D eigenvalue weighted by Gasteiger charge is -2.08. The maximum absolute atomic E-state index is 12.2. The molecule has 0 aliphatic carbocycles. The second-order valence-corrected chi connectivity index (χ2v) is 4.17. The Morgan fingerprint density at radius 2 is 2.25 bits per heavy atom. The molecule has 0 spiro atoms. The van der Waals surface area contributed by atoms with Crippen LogP contribution in [0.4, 0.5) is 0 Å². The standard InChI is InChI=1S/C12H13N3O/c13-7-8-5-6-15-11(8)14-10-4-2-1-3-9(10)12(15)16/h1-4,8H,5-7,13H2. The summed E-state index contributed by atoms with van der Waals surface area (Å²) >= 11 is 0. The van der Waals surface area contributed by atoms with Crippen molar-refractivity contribution in [2.45, 2.75) is 18.9 Å². The molecule has 3 rings (SSSR count). The smallest absolute Gasteiger partial charge is 0.261 e. The van der Waals surface area contributed by atoms with Crippen LogP contribution in [-0.4, -0.2) is 16.1 Å². The van der Waals surface area contributed by atoms with E-state index >= 15 is 0 Å². The zero-order valence-corrected chi connectivity index (χ0v) is 8.89. The number of para-hydroxylation sites is 1. The van der Waals surface area contributed by atoms with Gasteiger partial charge in [0.25, 0.3) is 5.56 Å². The Balaban J connectivity index is 2.36. The van der Waals surface area contributed by atoms with Gasteiger partial charge >= 0.3 is 0 Å². The summed E-state index contributed by atoms with van der Waals surface area (Å²) in [6.45, 7) is 1.30. The van der Waals surface area contributed by atoms with Gasteiger partial charge in [0.2, 0.25) is 0 Å². The molecule has 1 aliphatic rings. The van der Waals surface area contributed by atoms with E-state index in [2.05, 4.69) is 4.98 Å². The highest BCUT2D eigenvalue weighted by molar-refractivity contribution is 5.77. The molecule has 0 saturated carbocycles. The summed E-state index contributed by atoms with van der Waals surface area (Å²) in [4.78, 5) is 16.7. The number of hydrogen-bond donors (Lipinski definition) is 1. The third-order valence-corrected chi connectivity index (χ3v) is 3.24. The van der Waals surface area contributed by atoms with Gasteiger partial charge in [-0.25, -0.2) is 4.98 Å². The fraction of sp³-hybridized carbons (Fsp3) is 0.333. The van der Waals surface area contributed by atoms with Gasteiger partial charge in [-0.3, -0.25) is 9.36 Å². The van der Waals surface area contributed by atoms with Crippen LogP contribution in [0.1, 0.15) is 18.2 Å². The molecule has 0 radical (unpaired) electrons. The summed E-state index contributed by atoms with van der Waals surface area (Å²) in [6, 6.07) is 7.48. The summed E-state index contributed by atoms with van der Waals surface area (Å²) in [7, 11) is 0. The van der Waals surface area contributed by atoms with Crippen LogP contribution in [0.5, 0.6) is 0 Å². The Labute approximate surface area is 92.7 Å². The molecule has 4 nitrogen and oxygen atoms in total. The molecule has 82 valence electrons. The summed E-state index contributed by atoms with van der Waals surface area (Å²) in [5.41, 5.74) is 6.53. The van der Waals surface area contributed by atoms with E-state index < -0.39 is 0 Å². The van der Waals surface area contributed by atoms with Gasteiger partial charge in [0.05, 0.1) is 10.9 Å². The molecule has 1 aliphatic heterocycles. The van der Waals surface area contributed by atoms with Crippen molar-refractivity contribution < 1.29 is 0 Å². The maximum atomic E-state index is 12.2. The van der Waals surface area contributed by atoms with Gasteiger partial charge in [0.15, 0.2) is 0 Å². The van der Waals surface area contributed by atoms with Crippen LogP contribution in [0.25, 0.3) is 10.9 Å². The van der Waals surface area contributed by atoms with E-state index in [-0.39, 0.29) is 11.5 Å². The largest absolute Gasteiger partial charge is 0.330 e. The van der Waals surface area contributed by atoms with Gasteiger partial charge in [-0.15, -0.1) is 0 Å². The molecule has 2 N–H and O–H groups in total. The topological polar surface area (TPSA) is 60.9 Å². The highest BCUT2D eigenvalue weighted by Crippen LogP contribution is 2.24. The zero-order chi connectivity index (χ0) is 11.1. The lowest BCUT2D eigenvalue weighted by atomic mass is 10.1. The maximum Gasteiger partial charge on any atom is 0.261 e. The van der Waals surface area contributed by atoms with Crippen LogP contribution < -0.4 is 11.3 Å². The predicted octanol–water partition coefficient (Wildman–Crippen LogP) is 0.843. The lowest BCUT2D eigenvalue weighted by molar-refractivity contribution is 0.664. The Hall–Kier alpha value is -1.68. The van der Waals surface area contributed by atoms with Gasteiger partial charge < -0.3 is 5.73 Å². The molecule has 16 heavy (non-hydrogen) atoms. The molecule has 1 unspecified atom stereocenters. The van der Waals surface area contributed by atoms with Gasteiger partial charge in [-0.1, -0.05) is 12.1 Å². The monoisotopic (exact) mass is 215 g/mol. The first-order valence-corrected chi connectivity index (χ1v) is 5.51. The molecule has 0 saturated heterocycles. The van der Waals surface area contributed by atoms with Crippen LogP contribution in [0, 0.1) is 0 Å². The SMILES string of the molecule is NCC1CCn2c1nc1ccccc1c2=O. The van der Waals surface area contributed by atoms with Crippen molar-refractivity contribution in [3.8, 4) is 0 Å². The first kappa shape index (κ1) is 9.54. The number of rotatable bonds is 1. The quantitative estimate of drug-likeness (QED) is 0.767. The minimum atomic E-state index is 0.0663. The van der Waals surface area contributed by atoms with E-state index in [1.54, 1.807) is 4.57 Å². The average molecular weight is 215 g/mol. The van der Waals surface area contributed by atoms with Crippen molar-refractivity contribution in [3.63, 3.8) is 0 Å². The molecular formula is C12H13N3O. The molecule has 2 aromatic rings. The molecule has 4 heteroatoms. The van der Waals surface area contributed by atoms with Gasteiger partial charge in [-0.05, 0) is 18.6 Å². The fourth-order valence-corrected chi connectivity index (χ4v) is 2.35. The van der Waals surface area contributed by atoms with Gasteiger partial charge in [-0.2, -0.15) is 0 Å². The number of nitrogens with two attached hydrogens (primary N) is 1. The Morgan fingerprint density at radius 1 is 1.44 bits per heavy atom. The van der Waals surface area contributed by atoms with Crippen molar-refractivity contribution in [3.05, 3.63) is 40.4 Å². The molecule has 1 aromatic heterocycles. The molecule has 1 aromatic carbocycles. The number of hydrogen-bond acceptors (Lipinski definition) is 3. The minimum absolute atomic E-state index is 0.0663. The van der Waals surface area contributed by atoms with Crippen LogP contribution in [0.2, 0.25) is 0 Å². The highest BCUT2D eigenvalue weighted by Gasteiger charge is 2.24. The van der Waals surface area contributed by atoms with Crippen LogP contribution >= 0.6 is 0 Å². The van der Waals surface area contributed by atoms with E-state index in [1.165, 1.54) is 0 Å². The number of aromatic nitrogens is 2. The van der Waals surface area contributed by atoms with E-state index in [0.29, 0.717) is 11.9 Å². The van der Waals surface area contributed by atoms with Crippen LogP contribution in [0.15, 0.2) is 29.1 Å². The minimum Gasteiger partial charge on any atom is -0.330 e. The Kier molecular flexibility index (Phi) is 2.04. The van der Waals surface area contributed by atoms with Crippen LogP contribution in [0.3, 0.4) is 0 Å². The van der Waals surface area contributed by atoms with Crippen LogP contribution in [-0.2, 0) is 6.54 Å². The van der Waals surface area contributed by atoms with Crippen molar-refractivity contribution in [1.29, 1.82) is 0 Å². The second-order valence-electron chi connectivity index (χ2n) is 4.17. The summed E-state index contributed by atoms with van der Waals surface area (Å²) < 4.78 is 1.76. The third kappa shape index (κ3) is 1.20. The second kappa shape index (κ2) is 3.42. The Morgan fingerprint density at radius 3 is 3.06 bits per heavy atom. The van der Waals surface area contributed by atoms with Crippen molar-refractivity contribution in [2.24, 2.45) is 5.73 Å². The number of benzene rings is 1. The fourth-order valence-electron chi connectivity index (χ4n) is 2.35. The average Bonchev–Trinajstić information content (AvgIpc) is 2.72. The summed E-state index contributed by atoms with van der Waals surface area (Å²) in [6.07, 6.45) is 0.926. The highest BCUT2D eigenvalue weighted by atomic mass is 16.1. The third-order valence-electron chi connectivity index (χ3n) is 3.24. The first-order valence-electron chi connectivity index (χ1n) is 5.51. The van der Waals surface area contributed by atoms with Crippen molar-refractivity contribution in [1.82, 2.24) is 9.55 Å². The van der Waals surface area contributed by atoms with E-state index in [9.17, 15) is 4.79 Å². The summed E-state index contributed by atoms with van der Waals surface area (Å²) in [5.74, 6) is 1.09. The molecule has 0 amide bonds. The predicted molar refractivity (Wildman–Crippen MR) is 62.4 cm³/mol. The van der Waals surface area contributed by atoms with E-state index in [4.69, 9.17) is 5.73 Å². The Bertz CT molecular complexity index is 603. The van der Waals surface area contributed by atoms with Gasteiger partial charge in [0, 0.05) is 19.0 Å². The molecular weight excluding hydrogens is 202 g/mol. The molecule has 1 atom stereocenters. The summed E-state index contributed by atoms with van der Waals surface area (Å²) in [5, 5.41) is 0.698. The zero-order valence-electron chi connectivity index (χ0n) is 8.89. The molecule has 2 heterocycles. The van der Waals surface area contributed by atoms with Gasteiger partial charge in [0.1, 0.15) is 5.82 Å². The lowest BCUT2D eigenvalue weighted by Crippen LogP contribution is -2.22.